The molecule has 0 amide bonds. The number of hydrogen-bond donors (Lipinski definition) is 0. The maximum Gasteiger partial charge on any atom is 0.136 e. The quantitative estimate of drug-likeness (QED) is 0.479. The zero-order valence-corrected chi connectivity index (χ0v) is 5.76. The highest BCUT2D eigenvalue weighted by molar-refractivity contribution is 5.84. The van der Waals surface area contributed by atoms with Gasteiger partial charge in [0.2, 0.25) is 0 Å². The predicted octanol–water partition coefficient (Wildman–Crippen LogP) is 1.62. The maximum atomic E-state index is 11.0. The van der Waals surface area contributed by atoms with Crippen molar-refractivity contribution in [1.82, 2.24) is 0 Å². The first-order chi connectivity index (χ1) is 4.29. The Labute approximate surface area is 55.4 Å². The van der Waals surface area contributed by atoms with Crippen LogP contribution in [0.25, 0.3) is 0 Å². The lowest BCUT2D eigenvalue weighted by Crippen LogP contribution is -2.34. The number of carbonyl (C=O) groups is 1. The van der Waals surface area contributed by atoms with Crippen LogP contribution in [0.2, 0.25) is 0 Å². The molecule has 1 nitrogen and oxygen atoms in total. The number of Topliss-reactive ketones (excluding diaryl/α,β-unsaturated/α-hetero) is 1. The Morgan fingerprint density at radius 3 is 2.78 bits per heavy atom. The first kappa shape index (κ1) is 5.45. The summed E-state index contributed by atoms with van der Waals surface area (Å²) in [5, 5.41) is 0. The maximum absolute atomic E-state index is 11.0. The molecular formula is C8H12O. The zero-order chi connectivity index (χ0) is 6.43. The lowest BCUT2D eigenvalue weighted by atomic mass is 9.67. The van der Waals surface area contributed by atoms with E-state index in [1.807, 2.05) is 0 Å². The molecule has 0 radical (unpaired) electrons. The lowest BCUT2D eigenvalue weighted by molar-refractivity contribution is -0.125. The van der Waals surface area contributed by atoms with Gasteiger partial charge < -0.3 is 0 Å². The normalized spacial score (nSPS) is 48.6. The molecule has 2 rings (SSSR count). The van der Waals surface area contributed by atoms with Gasteiger partial charge in [-0.05, 0) is 24.7 Å². The predicted molar refractivity (Wildman–Crippen MR) is 35.0 cm³/mol. The summed E-state index contributed by atoms with van der Waals surface area (Å²) in [6.07, 6.45) is 3.38. The summed E-state index contributed by atoms with van der Waals surface area (Å²) in [6, 6.07) is 0. The molecule has 0 heterocycles. The van der Waals surface area contributed by atoms with Gasteiger partial charge in [0.15, 0.2) is 0 Å². The van der Waals surface area contributed by atoms with E-state index in [-0.39, 0.29) is 0 Å². The number of fused-ring (bicyclic) bond motifs is 1. The Morgan fingerprint density at radius 2 is 2.33 bits per heavy atom. The fraction of sp³-hybridized carbons (Fsp3) is 0.875. The number of hydrogen-bond acceptors (Lipinski definition) is 1. The zero-order valence-electron chi connectivity index (χ0n) is 5.76. The van der Waals surface area contributed by atoms with Gasteiger partial charge in [-0.25, -0.2) is 0 Å². The van der Waals surface area contributed by atoms with E-state index in [2.05, 4.69) is 6.92 Å². The number of rotatable bonds is 0. The summed E-state index contributed by atoms with van der Waals surface area (Å²) in [5.74, 6) is 2.54. The van der Waals surface area contributed by atoms with Gasteiger partial charge in [0.05, 0.1) is 0 Å². The molecule has 0 saturated heterocycles. The molecule has 0 aliphatic heterocycles. The summed E-state index contributed by atoms with van der Waals surface area (Å²) in [7, 11) is 0. The van der Waals surface area contributed by atoms with E-state index in [1.165, 1.54) is 12.8 Å². The van der Waals surface area contributed by atoms with Crippen molar-refractivity contribution in [3.8, 4) is 0 Å². The third-order valence-corrected chi connectivity index (χ3v) is 2.93. The van der Waals surface area contributed by atoms with Crippen molar-refractivity contribution < 1.29 is 4.79 Å². The fourth-order valence-electron chi connectivity index (χ4n) is 2.41. The average molecular weight is 124 g/mol. The molecule has 1 heteroatoms. The van der Waals surface area contributed by atoms with Gasteiger partial charge in [0, 0.05) is 12.3 Å². The second kappa shape index (κ2) is 1.59. The third-order valence-electron chi connectivity index (χ3n) is 2.93. The van der Waals surface area contributed by atoms with Gasteiger partial charge in [0.1, 0.15) is 5.78 Å². The smallest absolute Gasteiger partial charge is 0.136 e. The fourth-order valence-corrected chi connectivity index (χ4v) is 2.41. The number of ketones is 1. The lowest BCUT2D eigenvalue weighted by Gasteiger charge is -2.36. The summed E-state index contributed by atoms with van der Waals surface area (Å²) >= 11 is 0. The highest BCUT2D eigenvalue weighted by atomic mass is 16.1. The van der Waals surface area contributed by atoms with Gasteiger partial charge in [-0.2, -0.15) is 0 Å². The molecule has 0 unspecified atom stereocenters. The second-order valence-electron chi connectivity index (χ2n) is 3.50. The van der Waals surface area contributed by atoms with Crippen LogP contribution in [-0.2, 0) is 4.79 Å². The van der Waals surface area contributed by atoms with Crippen LogP contribution in [0.3, 0.4) is 0 Å². The molecule has 2 aliphatic carbocycles. The summed E-state index contributed by atoms with van der Waals surface area (Å²) in [6.45, 7) is 2.20. The first-order valence-electron chi connectivity index (χ1n) is 3.82. The molecule has 0 aromatic heterocycles. The van der Waals surface area contributed by atoms with Crippen molar-refractivity contribution in [3.63, 3.8) is 0 Å². The van der Waals surface area contributed by atoms with Crippen molar-refractivity contribution in [1.29, 1.82) is 0 Å². The molecule has 2 fully saturated rings. The van der Waals surface area contributed by atoms with Gasteiger partial charge in [-0.3, -0.25) is 4.79 Å². The van der Waals surface area contributed by atoms with Crippen LogP contribution >= 0.6 is 0 Å². The molecule has 50 valence electrons. The third kappa shape index (κ3) is 0.577. The number of carbonyl (C=O) groups excluding carboxylic acids is 1. The minimum atomic E-state index is 0.491. The van der Waals surface area contributed by atoms with Gasteiger partial charge in [0.25, 0.3) is 0 Å². The average Bonchev–Trinajstić information content (AvgIpc) is 2.04. The van der Waals surface area contributed by atoms with Gasteiger partial charge in [-0.1, -0.05) is 6.92 Å². The van der Waals surface area contributed by atoms with Crippen LogP contribution in [0, 0.1) is 17.8 Å². The summed E-state index contributed by atoms with van der Waals surface area (Å²) in [4.78, 5) is 11.0. The van der Waals surface area contributed by atoms with Crippen LogP contribution in [-0.4, -0.2) is 5.78 Å². The molecule has 0 N–H and O–H groups in total. The van der Waals surface area contributed by atoms with Crippen molar-refractivity contribution >= 4 is 5.78 Å². The minimum absolute atomic E-state index is 0.491. The standard InChI is InChI=1S/C8H12O/c1-5-4-6-2-3-7(9)8(5)6/h5-6,8H,2-4H2,1H3/t5-,6-,8-/m1/s1. The first-order valence-corrected chi connectivity index (χ1v) is 3.82. The summed E-state index contributed by atoms with van der Waals surface area (Å²) in [5.41, 5.74) is 0. The molecule has 9 heavy (non-hydrogen) atoms. The van der Waals surface area contributed by atoms with Crippen LogP contribution in [0.4, 0.5) is 0 Å². The van der Waals surface area contributed by atoms with E-state index in [0.29, 0.717) is 17.6 Å². The summed E-state index contributed by atoms with van der Waals surface area (Å²) < 4.78 is 0. The van der Waals surface area contributed by atoms with E-state index in [0.717, 1.165) is 12.3 Å². The Hall–Kier alpha value is -0.330. The SMILES string of the molecule is C[C@@H]1C[C@H]2CCC(=O)[C@@H]21. The Balaban J connectivity index is 2.14. The van der Waals surface area contributed by atoms with Crippen LogP contribution in [0.1, 0.15) is 26.2 Å². The van der Waals surface area contributed by atoms with Crippen molar-refractivity contribution in [2.24, 2.45) is 17.8 Å². The second-order valence-corrected chi connectivity index (χ2v) is 3.50. The molecule has 0 aromatic rings. The topological polar surface area (TPSA) is 17.1 Å². The van der Waals surface area contributed by atoms with Gasteiger partial charge >= 0.3 is 0 Å². The van der Waals surface area contributed by atoms with Crippen molar-refractivity contribution in [2.45, 2.75) is 26.2 Å². The molecule has 0 aromatic carbocycles. The Kier molecular flexibility index (Phi) is 0.961. The molecular weight excluding hydrogens is 112 g/mol. The van der Waals surface area contributed by atoms with E-state index < -0.39 is 0 Å². The highest BCUT2D eigenvalue weighted by Crippen LogP contribution is 2.48. The molecule has 0 bridgehead atoms. The van der Waals surface area contributed by atoms with E-state index in [9.17, 15) is 4.79 Å². The van der Waals surface area contributed by atoms with Crippen LogP contribution in [0.15, 0.2) is 0 Å². The van der Waals surface area contributed by atoms with Crippen molar-refractivity contribution in [3.05, 3.63) is 0 Å². The minimum Gasteiger partial charge on any atom is -0.299 e. The van der Waals surface area contributed by atoms with E-state index in [4.69, 9.17) is 0 Å². The van der Waals surface area contributed by atoms with E-state index in [1.54, 1.807) is 0 Å². The van der Waals surface area contributed by atoms with Crippen LogP contribution < -0.4 is 0 Å². The molecule has 2 saturated carbocycles. The van der Waals surface area contributed by atoms with Gasteiger partial charge in [-0.15, -0.1) is 0 Å². The van der Waals surface area contributed by atoms with Crippen LogP contribution in [0.5, 0.6) is 0 Å². The molecule has 0 spiro atoms. The highest BCUT2D eigenvalue weighted by Gasteiger charge is 2.46. The van der Waals surface area contributed by atoms with Crippen molar-refractivity contribution in [2.75, 3.05) is 0 Å². The largest absolute Gasteiger partial charge is 0.299 e. The molecule has 2 aliphatic rings. The molecule has 3 atom stereocenters. The Morgan fingerprint density at radius 1 is 1.56 bits per heavy atom. The van der Waals surface area contributed by atoms with E-state index >= 15 is 0 Å². The monoisotopic (exact) mass is 124 g/mol. The Bertz CT molecular complexity index is 151.